The normalized spacial score (nSPS) is 10.4. The fourth-order valence-electron chi connectivity index (χ4n) is 1.58. The van der Waals surface area contributed by atoms with Crippen LogP contribution in [-0.4, -0.2) is 12.2 Å². The summed E-state index contributed by atoms with van der Waals surface area (Å²) < 4.78 is 5.69. The zero-order valence-electron chi connectivity index (χ0n) is 11.0. The van der Waals surface area contributed by atoms with Crippen molar-refractivity contribution in [3.8, 4) is 5.75 Å². The molecule has 0 fully saturated rings. The number of hydrogen-bond donors (Lipinski definition) is 3. The summed E-state index contributed by atoms with van der Waals surface area (Å²) in [6.07, 6.45) is 1.70. The minimum Gasteiger partial charge on any atom is -0.489 e. The van der Waals surface area contributed by atoms with Crippen molar-refractivity contribution in [3.63, 3.8) is 0 Å². The molecular weight excluding hydrogens is 252 g/mol. The van der Waals surface area contributed by atoms with E-state index >= 15 is 0 Å². The van der Waals surface area contributed by atoms with E-state index in [2.05, 4.69) is 10.2 Å². The highest BCUT2D eigenvalue weighted by molar-refractivity contribution is 5.77. The molecule has 0 heterocycles. The van der Waals surface area contributed by atoms with Gasteiger partial charge in [-0.2, -0.15) is 0 Å². The molecule has 0 unspecified atom stereocenters. The van der Waals surface area contributed by atoms with Crippen LogP contribution in [0.5, 0.6) is 5.75 Å². The largest absolute Gasteiger partial charge is 0.489 e. The number of hydrogen-bond acceptors (Lipinski definition) is 2. The van der Waals surface area contributed by atoms with Gasteiger partial charge in [0, 0.05) is 10.7 Å². The molecule has 20 heavy (non-hydrogen) atoms. The van der Waals surface area contributed by atoms with Gasteiger partial charge in [-0.1, -0.05) is 30.3 Å². The van der Waals surface area contributed by atoms with E-state index in [0.29, 0.717) is 6.61 Å². The molecule has 102 valence electrons. The first-order valence-corrected chi connectivity index (χ1v) is 6.18. The number of nitrogens with zero attached hydrogens (tertiary/aromatic N) is 1. The summed E-state index contributed by atoms with van der Waals surface area (Å²) in [5, 5.41) is 6.30. The molecule has 0 amide bonds. The average Bonchev–Trinajstić information content (AvgIpc) is 2.47. The van der Waals surface area contributed by atoms with Gasteiger partial charge in [0.2, 0.25) is 6.21 Å². The average molecular weight is 269 g/mol. The summed E-state index contributed by atoms with van der Waals surface area (Å²) in [5.41, 5.74) is 12.5. The summed E-state index contributed by atoms with van der Waals surface area (Å²) in [7, 11) is 0. The third-order valence-corrected chi connectivity index (χ3v) is 2.55. The molecule has 0 spiro atoms. The molecule has 0 aromatic heterocycles. The topological polar surface area (TPSA) is 87.6 Å². The van der Waals surface area contributed by atoms with E-state index in [1.165, 1.54) is 0 Å². The van der Waals surface area contributed by atoms with Gasteiger partial charge in [-0.15, -0.1) is 5.10 Å². The van der Waals surface area contributed by atoms with Crippen LogP contribution >= 0.6 is 0 Å². The molecule has 0 radical (unpaired) electrons. The van der Waals surface area contributed by atoms with Gasteiger partial charge in [0.05, 0.1) is 0 Å². The number of nitrogens with one attached hydrogen (secondary N) is 1. The molecule has 2 rings (SSSR count). The van der Waals surface area contributed by atoms with Gasteiger partial charge in [0.15, 0.2) is 0 Å². The summed E-state index contributed by atoms with van der Waals surface area (Å²) in [4.78, 5) is 0. The molecule has 0 aliphatic carbocycles. The number of rotatable bonds is 5. The molecule has 0 aliphatic heterocycles. The molecular formula is C15H17N4O+. The Kier molecular flexibility index (Phi) is 4.72. The smallest absolute Gasteiger partial charge is 0.256 e. The van der Waals surface area contributed by atoms with Crippen molar-refractivity contribution >= 4 is 12.2 Å². The van der Waals surface area contributed by atoms with E-state index in [-0.39, 0.29) is 5.96 Å². The second kappa shape index (κ2) is 6.94. The molecule has 5 heteroatoms. The van der Waals surface area contributed by atoms with Crippen LogP contribution in [0.4, 0.5) is 0 Å². The van der Waals surface area contributed by atoms with Crippen LogP contribution in [-0.2, 0) is 6.61 Å². The third kappa shape index (κ3) is 4.45. The van der Waals surface area contributed by atoms with Gasteiger partial charge in [0.25, 0.3) is 5.96 Å². The van der Waals surface area contributed by atoms with E-state index in [0.717, 1.165) is 16.9 Å². The molecule has 2 aromatic rings. The van der Waals surface area contributed by atoms with Crippen molar-refractivity contribution < 1.29 is 9.84 Å². The van der Waals surface area contributed by atoms with Crippen molar-refractivity contribution in [1.82, 2.24) is 0 Å². The summed E-state index contributed by atoms with van der Waals surface area (Å²) in [5.74, 6) is 0.803. The maximum atomic E-state index is 5.69. The van der Waals surface area contributed by atoms with Gasteiger partial charge in [0.1, 0.15) is 12.4 Å². The highest BCUT2D eigenvalue weighted by Crippen LogP contribution is 2.13. The monoisotopic (exact) mass is 269 g/mol. The van der Waals surface area contributed by atoms with Crippen LogP contribution in [0.1, 0.15) is 11.1 Å². The first kappa shape index (κ1) is 13.6. The van der Waals surface area contributed by atoms with E-state index in [1.54, 1.807) is 6.21 Å². The van der Waals surface area contributed by atoms with Crippen LogP contribution in [0.15, 0.2) is 59.7 Å². The first-order valence-electron chi connectivity index (χ1n) is 6.18. The van der Waals surface area contributed by atoms with Crippen LogP contribution in [0.2, 0.25) is 0 Å². The van der Waals surface area contributed by atoms with E-state index in [9.17, 15) is 0 Å². The maximum absolute atomic E-state index is 5.69. The number of benzene rings is 2. The van der Waals surface area contributed by atoms with E-state index < -0.39 is 0 Å². The zero-order chi connectivity index (χ0) is 14.2. The number of ether oxygens (including phenoxy) is 1. The Labute approximate surface area is 117 Å². The van der Waals surface area contributed by atoms with E-state index in [1.807, 2.05) is 54.6 Å². The lowest BCUT2D eigenvalue weighted by Gasteiger charge is -2.05. The van der Waals surface area contributed by atoms with Crippen molar-refractivity contribution in [1.29, 1.82) is 0 Å². The highest BCUT2D eigenvalue weighted by atomic mass is 16.5. The molecule has 0 atom stereocenters. The minimum atomic E-state index is -0.0101. The lowest BCUT2D eigenvalue weighted by molar-refractivity contribution is -0.456. The Balaban J connectivity index is 1.92. The lowest BCUT2D eigenvalue weighted by atomic mass is 10.2. The maximum Gasteiger partial charge on any atom is 0.256 e. The molecule has 5 N–H and O–H groups in total. The summed E-state index contributed by atoms with van der Waals surface area (Å²) >= 11 is 0. The molecule has 0 saturated carbocycles. The van der Waals surface area contributed by atoms with Crippen LogP contribution < -0.4 is 21.3 Å². The second-order valence-corrected chi connectivity index (χ2v) is 4.15. The standard InChI is InChI=1S/C15H16N4O/c16-15(17)19-18-10-12-6-8-14(9-7-12)20-11-13-4-2-1-3-5-13/h1-10H,11H2,(H4,16,17,19)/p+1/b18-10-. The summed E-state index contributed by atoms with van der Waals surface area (Å²) in [6.45, 7) is 0.552. The predicted octanol–water partition coefficient (Wildman–Crippen LogP) is -0.0465. The lowest BCUT2D eigenvalue weighted by Crippen LogP contribution is -2.63. The Hall–Kier alpha value is -2.82. The van der Waals surface area contributed by atoms with Gasteiger partial charge < -0.3 is 16.2 Å². The number of nitrogens with two attached hydrogens (primary N) is 2. The Bertz CT molecular complexity index is 587. The fourth-order valence-corrected chi connectivity index (χ4v) is 1.58. The van der Waals surface area contributed by atoms with Crippen molar-refractivity contribution in [3.05, 3.63) is 65.7 Å². The van der Waals surface area contributed by atoms with Gasteiger partial charge in [-0.05, 0) is 29.8 Å². The molecule has 0 bridgehead atoms. The SMILES string of the molecule is NC(N)=N/[NH+]=C\c1ccc(OCc2ccccc2)cc1. The van der Waals surface area contributed by atoms with Crippen molar-refractivity contribution in [2.45, 2.75) is 6.61 Å². The van der Waals surface area contributed by atoms with Crippen LogP contribution in [0.25, 0.3) is 0 Å². The van der Waals surface area contributed by atoms with Crippen molar-refractivity contribution in [2.24, 2.45) is 16.6 Å². The summed E-state index contributed by atoms with van der Waals surface area (Å²) in [6, 6.07) is 17.6. The van der Waals surface area contributed by atoms with E-state index in [4.69, 9.17) is 16.2 Å². The van der Waals surface area contributed by atoms with Crippen molar-refractivity contribution in [2.75, 3.05) is 0 Å². The molecule has 5 nitrogen and oxygen atoms in total. The quantitative estimate of drug-likeness (QED) is 0.404. The fraction of sp³-hybridized carbons (Fsp3) is 0.0667. The third-order valence-electron chi connectivity index (χ3n) is 2.55. The van der Waals surface area contributed by atoms with Crippen LogP contribution in [0.3, 0.4) is 0 Å². The predicted molar refractivity (Wildman–Crippen MR) is 79.2 cm³/mol. The second-order valence-electron chi connectivity index (χ2n) is 4.15. The number of hydrazone groups is 1. The minimum absolute atomic E-state index is 0.0101. The Morgan fingerprint density at radius 2 is 1.75 bits per heavy atom. The van der Waals surface area contributed by atoms with Gasteiger partial charge in [-0.3, -0.25) is 0 Å². The van der Waals surface area contributed by atoms with Crippen LogP contribution in [0, 0.1) is 0 Å². The zero-order valence-corrected chi connectivity index (χ0v) is 11.0. The molecule has 0 saturated heterocycles. The Morgan fingerprint density at radius 3 is 2.40 bits per heavy atom. The number of guanidine groups is 1. The van der Waals surface area contributed by atoms with Gasteiger partial charge in [-0.25, -0.2) is 0 Å². The van der Waals surface area contributed by atoms with Gasteiger partial charge >= 0.3 is 0 Å². The molecule has 2 aromatic carbocycles. The molecule has 0 aliphatic rings. The Morgan fingerprint density at radius 1 is 1.05 bits per heavy atom. The first-order chi connectivity index (χ1) is 9.74. The highest BCUT2D eigenvalue weighted by Gasteiger charge is 1.97.